The Morgan fingerprint density at radius 2 is 1.89 bits per heavy atom. The van der Waals surface area contributed by atoms with Crippen LogP contribution in [0.1, 0.15) is 27.7 Å². The van der Waals surface area contributed by atoms with Crippen LogP contribution in [0.25, 0.3) is 5.69 Å². The first-order valence-electron chi connectivity index (χ1n) is 8.32. The SMILES string of the molecule is O=C(N[C@H]1COc2ccccc21)c1nn(-c2ccccc2C(F)(F)F)cc1O. The van der Waals surface area contributed by atoms with Crippen LogP contribution < -0.4 is 10.1 Å². The lowest BCUT2D eigenvalue weighted by atomic mass is 10.1. The summed E-state index contributed by atoms with van der Waals surface area (Å²) in [5, 5.41) is 16.6. The van der Waals surface area contributed by atoms with E-state index in [4.69, 9.17) is 4.74 Å². The molecule has 4 rings (SSSR count). The Bertz CT molecular complexity index is 1050. The topological polar surface area (TPSA) is 76.4 Å². The number of para-hydroxylation sites is 2. The van der Waals surface area contributed by atoms with Crippen LogP contribution in [0.2, 0.25) is 0 Å². The molecule has 0 bridgehead atoms. The molecule has 0 aliphatic carbocycles. The molecule has 0 fully saturated rings. The van der Waals surface area contributed by atoms with Crippen molar-refractivity contribution < 1.29 is 27.8 Å². The monoisotopic (exact) mass is 389 g/mol. The third-order valence-corrected chi connectivity index (χ3v) is 4.37. The zero-order valence-electron chi connectivity index (χ0n) is 14.3. The molecular formula is C19H14F3N3O3. The van der Waals surface area contributed by atoms with E-state index in [1.807, 2.05) is 0 Å². The highest BCUT2D eigenvalue weighted by atomic mass is 19.4. The molecule has 2 N–H and O–H groups in total. The van der Waals surface area contributed by atoms with Crippen LogP contribution >= 0.6 is 0 Å². The van der Waals surface area contributed by atoms with Gasteiger partial charge in [0.2, 0.25) is 0 Å². The number of rotatable bonds is 3. The molecule has 1 aliphatic rings. The van der Waals surface area contributed by atoms with E-state index in [0.717, 1.165) is 22.5 Å². The minimum Gasteiger partial charge on any atom is -0.504 e. The normalized spacial score (nSPS) is 15.8. The van der Waals surface area contributed by atoms with Crippen LogP contribution in [0.3, 0.4) is 0 Å². The van der Waals surface area contributed by atoms with Crippen LogP contribution in [0.15, 0.2) is 54.7 Å². The van der Waals surface area contributed by atoms with Crippen molar-refractivity contribution in [1.82, 2.24) is 15.1 Å². The lowest BCUT2D eigenvalue weighted by Crippen LogP contribution is -2.30. The second-order valence-electron chi connectivity index (χ2n) is 6.20. The molecule has 1 aromatic heterocycles. The van der Waals surface area contributed by atoms with Gasteiger partial charge in [0, 0.05) is 5.56 Å². The van der Waals surface area contributed by atoms with E-state index < -0.39 is 29.4 Å². The predicted octanol–water partition coefficient (Wildman–Crippen LogP) is 3.46. The maximum atomic E-state index is 13.2. The molecule has 0 unspecified atom stereocenters. The summed E-state index contributed by atoms with van der Waals surface area (Å²) in [4.78, 5) is 12.5. The number of hydrogen-bond acceptors (Lipinski definition) is 4. The first-order valence-corrected chi connectivity index (χ1v) is 8.32. The first-order chi connectivity index (χ1) is 13.3. The molecular weight excluding hydrogens is 375 g/mol. The van der Waals surface area contributed by atoms with Crippen molar-refractivity contribution in [2.24, 2.45) is 0 Å². The van der Waals surface area contributed by atoms with Crippen LogP contribution in [-0.4, -0.2) is 27.4 Å². The number of fused-ring (bicyclic) bond motifs is 1. The molecule has 1 atom stereocenters. The lowest BCUT2D eigenvalue weighted by Gasteiger charge is -2.12. The second-order valence-corrected chi connectivity index (χ2v) is 6.20. The Balaban J connectivity index is 1.62. The summed E-state index contributed by atoms with van der Waals surface area (Å²) in [6.07, 6.45) is -3.63. The van der Waals surface area contributed by atoms with Crippen LogP contribution in [0.5, 0.6) is 11.5 Å². The van der Waals surface area contributed by atoms with Crippen molar-refractivity contribution in [2.75, 3.05) is 6.61 Å². The fourth-order valence-electron chi connectivity index (χ4n) is 3.07. The standard InChI is InChI=1S/C19H14F3N3O3/c20-19(21,22)12-6-2-3-7-14(12)25-9-15(26)17(24-25)18(27)23-13-10-28-16-8-4-1-5-11(13)16/h1-9,13,26H,10H2,(H,23,27)/t13-/m0/s1. The van der Waals surface area contributed by atoms with Crippen molar-refractivity contribution in [3.05, 3.63) is 71.5 Å². The third-order valence-electron chi connectivity index (χ3n) is 4.37. The molecule has 6 nitrogen and oxygen atoms in total. The van der Waals surface area contributed by atoms with E-state index in [2.05, 4.69) is 10.4 Å². The van der Waals surface area contributed by atoms with Gasteiger partial charge >= 0.3 is 6.18 Å². The Hall–Kier alpha value is -3.49. The van der Waals surface area contributed by atoms with Gasteiger partial charge in [0.15, 0.2) is 11.4 Å². The van der Waals surface area contributed by atoms with E-state index in [0.29, 0.717) is 5.75 Å². The number of carbonyl (C=O) groups excluding carboxylic acids is 1. The van der Waals surface area contributed by atoms with Crippen molar-refractivity contribution in [1.29, 1.82) is 0 Å². The van der Waals surface area contributed by atoms with Gasteiger partial charge in [0.25, 0.3) is 5.91 Å². The minimum atomic E-state index is -4.61. The highest BCUT2D eigenvalue weighted by molar-refractivity contribution is 5.95. The van der Waals surface area contributed by atoms with E-state index in [-0.39, 0.29) is 18.0 Å². The Morgan fingerprint density at radius 1 is 1.18 bits per heavy atom. The van der Waals surface area contributed by atoms with Gasteiger partial charge in [0.1, 0.15) is 12.4 Å². The number of benzene rings is 2. The molecule has 9 heteroatoms. The zero-order valence-corrected chi connectivity index (χ0v) is 14.3. The molecule has 0 spiro atoms. The van der Waals surface area contributed by atoms with Gasteiger partial charge < -0.3 is 15.2 Å². The summed E-state index contributed by atoms with van der Waals surface area (Å²) < 4.78 is 46.0. The summed E-state index contributed by atoms with van der Waals surface area (Å²) in [6.45, 7) is 0.212. The number of aromatic nitrogens is 2. The maximum Gasteiger partial charge on any atom is 0.418 e. The highest BCUT2D eigenvalue weighted by Gasteiger charge is 2.34. The van der Waals surface area contributed by atoms with Crippen molar-refractivity contribution in [3.63, 3.8) is 0 Å². The summed E-state index contributed by atoms with van der Waals surface area (Å²) in [6, 6.07) is 11.5. The number of aromatic hydroxyl groups is 1. The molecule has 1 amide bonds. The van der Waals surface area contributed by atoms with Gasteiger partial charge in [-0.1, -0.05) is 30.3 Å². The fourth-order valence-corrected chi connectivity index (χ4v) is 3.07. The predicted molar refractivity (Wildman–Crippen MR) is 92.4 cm³/mol. The molecule has 28 heavy (non-hydrogen) atoms. The van der Waals surface area contributed by atoms with Gasteiger partial charge in [-0.25, -0.2) is 4.68 Å². The third kappa shape index (κ3) is 3.15. The average molecular weight is 389 g/mol. The molecule has 0 radical (unpaired) electrons. The van der Waals surface area contributed by atoms with Crippen LogP contribution in [0.4, 0.5) is 13.2 Å². The second kappa shape index (κ2) is 6.59. The molecule has 0 saturated carbocycles. The molecule has 0 saturated heterocycles. The number of nitrogens with one attached hydrogen (secondary N) is 1. The van der Waals surface area contributed by atoms with Crippen molar-refractivity contribution >= 4 is 5.91 Å². The molecule has 144 valence electrons. The Morgan fingerprint density at radius 3 is 2.68 bits per heavy atom. The zero-order chi connectivity index (χ0) is 19.9. The van der Waals surface area contributed by atoms with Gasteiger partial charge in [0.05, 0.1) is 23.5 Å². The van der Waals surface area contributed by atoms with Gasteiger partial charge in [-0.3, -0.25) is 4.79 Å². The summed E-state index contributed by atoms with van der Waals surface area (Å²) >= 11 is 0. The number of alkyl halides is 3. The summed E-state index contributed by atoms with van der Waals surface area (Å²) in [5.41, 5.74) is -0.819. The number of nitrogens with zero attached hydrogens (tertiary/aromatic N) is 2. The van der Waals surface area contributed by atoms with Gasteiger partial charge in [-0.15, -0.1) is 0 Å². The lowest BCUT2D eigenvalue weighted by molar-refractivity contribution is -0.137. The number of carbonyl (C=O) groups is 1. The summed E-state index contributed by atoms with van der Waals surface area (Å²) in [5.74, 6) is -0.602. The number of halogens is 3. The number of amides is 1. The summed E-state index contributed by atoms with van der Waals surface area (Å²) in [7, 11) is 0. The Kier molecular flexibility index (Phi) is 4.21. The molecule has 3 aromatic rings. The average Bonchev–Trinajstić information content (AvgIpc) is 3.25. The van der Waals surface area contributed by atoms with Crippen molar-refractivity contribution in [3.8, 4) is 17.2 Å². The minimum absolute atomic E-state index is 0.212. The first kappa shape index (κ1) is 17.9. The number of hydrogen-bond donors (Lipinski definition) is 2. The largest absolute Gasteiger partial charge is 0.504 e. The van der Waals surface area contributed by atoms with E-state index in [9.17, 15) is 23.1 Å². The van der Waals surface area contributed by atoms with Gasteiger partial charge in [-0.2, -0.15) is 18.3 Å². The Labute approximate surface area is 157 Å². The van der Waals surface area contributed by atoms with E-state index in [1.165, 1.54) is 18.2 Å². The highest BCUT2D eigenvalue weighted by Crippen LogP contribution is 2.35. The maximum absolute atomic E-state index is 13.2. The molecule has 2 aromatic carbocycles. The smallest absolute Gasteiger partial charge is 0.418 e. The van der Waals surface area contributed by atoms with E-state index in [1.54, 1.807) is 24.3 Å². The molecule has 2 heterocycles. The van der Waals surface area contributed by atoms with Crippen LogP contribution in [-0.2, 0) is 6.18 Å². The molecule has 1 aliphatic heterocycles. The number of ether oxygens (including phenoxy) is 1. The quantitative estimate of drug-likeness (QED) is 0.719. The van der Waals surface area contributed by atoms with E-state index >= 15 is 0 Å². The van der Waals surface area contributed by atoms with Gasteiger partial charge in [-0.05, 0) is 18.2 Å². The van der Waals surface area contributed by atoms with Crippen LogP contribution in [0, 0.1) is 0 Å². The van der Waals surface area contributed by atoms with Crippen molar-refractivity contribution in [2.45, 2.75) is 12.2 Å². The fraction of sp³-hybridized carbons (Fsp3) is 0.158.